The quantitative estimate of drug-likeness (QED) is 0.636. The van der Waals surface area contributed by atoms with Gasteiger partial charge < -0.3 is 10.4 Å². The Morgan fingerprint density at radius 2 is 1.65 bits per heavy atom. The number of carbonyl (C=O) groups excluding carboxylic acids is 1. The van der Waals surface area contributed by atoms with E-state index < -0.39 is 5.97 Å². The first-order chi connectivity index (χ1) is 12.6. The number of para-hydroxylation sites is 1. The van der Waals surface area contributed by atoms with E-state index in [0.717, 1.165) is 25.7 Å². The lowest BCUT2D eigenvalue weighted by Crippen LogP contribution is -2.29. The van der Waals surface area contributed by atoms with Crippen molar-refractivity contribution in [3.8, 4) is 5.69 Å². The fourth-order valence-corrected chi connectivity index (χ4v) is 2.51. The Morgan fingerprint density at radius 1 is 0.962 bits per heavy atom. The van der Waals surface area contributed by atoms with Crippen molar-refractivity contribution in [3.63, 3.8) is 0 Å². The topological polar surface area (TPSA) is 101 Å². The zero-order chi connectivity index (χ0) is 18.8. The highest BCUT2D eigenvalue weighted by molar-refractivity contribution is 5.92. The van der Waals surface area contributed by atoms with Crippen molar-refractivity contribution in [1.82, 2.24) is 15.1 Å². The third kappa shape index (κ3) is 6.16. The molecule has 0 saturated carbocycles. The van der Waals surface area contributed by atoms with Gasteiger partial charge in [0.15, 0.2) is 0 Å². The molecule has 0 atom stereocenters. The van der Waals surface area contributed by atoms with Gasteiger partial charge >= 0.3 is 5.97 Å². The fourth-order valence-electron chi connectivity index (χ4n) is 2.51. The molecule has 1 amide bonds. The molecular formula is C19H23N3O4. The van der Waals surface area contributed by atoms with E-state index in [-0.39, 0.29) is 23.6 Å². The predicted molar refractivity (Wildman–Crippen MR) is 97.5 cm³/mol. The van der Waals surface area contributed by atoms with Crippen LogP contribution >= 0.6 is 0 Å². The molecule has 7 nitrogen and oxygen atoms in total. The number of rotatable bonds is 10. The van der Waals surface area contributed by atoms with Gasteiger partial charge in [0.05, 0.1) is 5.69 Å². The summed E-state index contributed by atoms with van der Waals surface area (Å²) in [7, 11) is 0. The van der Waals surface area contributed by atoms with Gasteiger partial charge in [0.25, 0.3) is 11.5 Å². The summed E-state index contributed by atoms with van der Waals surface area (Å²) in [6.45, 7) is 0.518. The van der Waals surface area contributed by atoms with E-state index in [1.807, 2.05) is 6.07 Å². The molecule has 26 heavy (non-hydrogen) atoms. The average Bonchev–Trinajstić information content (AvgIpc) is 2.64. The van der Waals surface area contributed by atoms with Crippen LogP contribution in [0.3, 0.4) is 0 Å². The maximum absolute atomic E-state index is 12.2. The third-order valence-corrected chi connectivity index (χ3v) is 3.89. The van der Waals surface area contributed by atoms with Crippen molar-refractivity contribution < 1.29 is 14.7 Å². The summed E-state index contributed by atoms with van der Waals surface area (Å²) in [6.07, 6.45) is 4.46. The minimum absolute atomic E-state index is 0.190. The first-order valence-electron chi connectivity index (χ1n) is 8.74. The van der Waals surface area contributed by atoms with Crippen LogP contribution in [0, 0.1) is 0 Å². The molecule has 2 aromatic rings. The summed E-state index contributed by atoms with van der Waals surface area (Å²) < 4.78 is 1.21. The number of unbranched alkanes of at least 4 members (excludes halogenated alkanes) is 4. The van der Waals surface area contributed by atoms with Crippen molar-refractivity contribution in [2.75, 3.05) is 6.54 Å². The molecule has 0 unspecified atom stereocenters. The second-order valence-electron chi connectivity index (χ2n) is 5.97. The zero-order valence-corrected chi connectivity index (χ0v) is 14.6. The first-order valence-corrected chi connectivity index (χ1v) is 8.74. The molecule has 1 aromatic heterocycles. The highest BCUT2D eigenvalue weighted by Crippen LogP contribution is 2.05. The Kier molecular flexibility index (Phi) is 7.54. The monoisotopic (exact) mass is 357 g/mol. The molecule has 138 valence electrons. The number of hydrogen-bond acceptors (Lipinski definition) is 4. The number of nitrogens with zero attached hydrogens (tertiary/aromatic N) is 2. The molecule has 1 aromatic carbocycles. The minimum Gasteiger partial charge on any atom is -0.481 e. The molecule has 1 heterocycles. The van der Waals surface area contributed by atoms with Crippen LogP contribution in [0.2, 0.25) is 0 Å². The van der Waals surface area contributed by atoms with Gasteiger partial charge in [-0.25, -0.2) is 0 Å². The summed E-state index contributed by atoms with van der Waals surface area (Å²) >= 11 is 0. The lowest BCUT2D eigenvalue weighted by Gasteiger charge is -2.08. The van der Waals surface area contributed by atoms with Crippen molar-refractivity contribution in [2.24, 2.45) is 0 Å². The number of nitrogens with one attached hydrogen (secondary N) is 1. The Morgan fingerprint density at radius 3 is 2.38 bits per heavy atom. The lowest BCUT2D eigenvalue weighted by atomic mass is 10.1. The van der Waals surface area contributed by atoms with Crippen LogP contribution in [0.4, 0.5) is 0 Å². The van der Waals surface area contributed by atoms with E-state index >= 15 is 0 Å². The maximum Gasteiger partial charge on any atom is 0.303 e. The molecule has 0 spiro atoms. The van der Waals surface area contributed by atoms with Crippen LogP contribution in [0.25, 0.3) is 5.69 Å². The molecule has 2 N–H and O–H groups in total. The number of aromatic nitrogens is 2. The van der Waals surface area contributed by atoms with Crippen LogP contribution < -0.4 is 10.9 Å². The maximum atomic E-state index is 12.2. The van der Waals surface area contributed by atoms with Crippen molar-refractivity contribution in [3.05, 3.63) is 58.5 Å². The van der Waals surface area contributed by atoms with Crippen LogP contribution in [-0.4, -0.2) is 33.3 Å². The molecule has 0 radical (unpaired) electrons. The molecule has 0 fully saturated rings. The van der Waals surface area contributed by atoms with Gasteiger partial charge in [-0.1, -0.05) is 37.5 Å². The van der Waals surface area contributed by atoms with Crippen molar-refractivity contribution >= 4 is 11.9 Å². The van der Waals surface area contributed by atoms with Crippen LogP contribution in [0.5, 0.6) is 0 Å². The molecule has 7 heteroatoms. The summed E-state index contributed by atoms with van der Waals surface area (Å²) in [5.41, 5.74) is 0.498. The van der Waals surface area contributed by atoms with Crippen LogP contribution in [0.15, 0.2) is 47.3 Å². The number of aliphatic carboxylic acids is 1. The normalized spacial score (nSPS) is 10.5. The highest BCUT2D eigenvalue weighted by atomic mass is 16.4. The summed E-state index contributed by atoms with van der Waals surface area (Å²) in [6, 6.07) is 11.7. The van der Waals surface area contributed by atoms with E-state index in [9.17, 15) is 14.4 Å². The first kappa shape index (κ1) is 19.4. The average molecular weight is 357 g/mol. The Bertz CT molecular complexity index is 787. The van der Waals surface area contributed by atoms with E-state index in [1.54, 1.807) is 24.3 Å². The molecule has 0 aliphatic rings. The highest BCUT2D eigenvalue weighted by Gasteiger charge is 2.10. The largest absolute Gasteiger partial charge is 0.481 e. The standard InChI is InChI=1S/C19H23N3O4/c23-17-13-12-16(21-22(17)15-9-5-4-6-10-15)19(26)20-14-8-3-1-2-7-11-18(24)25/h4-6,9-10,12-13H,1-3,7-8,11,14H2,(H,20,26)(H,24,25). The van der Waals surface area contributed by atoms with Crippen molar-refractivity contribution in [2.45, 2.75) is 38.5 Å². The van der Waals surface area contributed by atoms with Gasteiger partial charge in [-0.15, -0.1) is 0 Å². The second-order valence-corrected chi connectivity index (χ2v) is 5.97. The molecule has 0 aliphatic heterocycles. The van der Waals surface area contributed by atoms with E-state index in [4.69, 9.17) is 5.11 Å². The summed E-state index contributed by atoms with van der Waals surface area (Å²) in [5, 5.41) is 15.5. The Labute approximate surface area is 151 Å². The summed E-state index contributed by atoms with van der Waals surface area (Å²) in [4.78, 5) is 34.6. The van der Waals surface area contributed by atoms with E-state index in [2.05, 4.69) is 10.4 Å². The van der Waals surface area contributed by atoms with E-state index in [0.29, 0.717) is 18.7 Å². The number of benzene rings is 1. The second kappa shape index (κ2) is 10.1. The van der Waals surface area contributed by atoms with Gasteiger partial charge in [0, 0.05) is 19.0 Å². The van der Waals surface area contributed by atoms with Gasteiger partial charge in [-0.2, -0.15) is 9.78 Å². The number of carbonyl (C=O) groups is 2. The number of amides is 1. The van der Waals surface area contributed by atoms with Crippen LogP contribution in [-0.2, 0) is 4.79 Å². The molecule has 2 rings (SSSR count). The van der Waals surface area contributed by atoms with Crippen LogP contribution in [0.1, 0.15) is 49.0 Å². The van der Waals surface area contributed by atoms with Gasteiger partial charge in [0.1, 0.15) is 5.69 Å². The number of carboxylic acid groups (broad SMARTS) is 1. The van der Waals surface area contributed by atoms with E-state index in [1.165, 1.54) is 16.8 Å². The van der Waals surface area contributed by atoms with Gasteiger partial charge in [-0.3, -0.25) is 14.4 Å². The van der Waals surface area contributed by atoms with Crippen molar-refractivity contribution in [1.29, 1.82) is 0 Å². The minimum atomic E-state index is -0.762. The third-order valence-electron chi connectivity index (χ3n) is 3.89. The molecule has 0 bridgehead atoms. The predicted octanol–water partition coefficient (Wildman–Crippen LogP) is 2.39. The summed E-state index contributed by atoms with van der Waals surface area (Å²) in [5.74, 6) is -1.08. The SMILES string of the molecule is O=C(O)CCCCCCCNC(=O)c1ccc(=O)n(-c2ccccc2)n1. The Hall–Kier alpha value is -2.96. The number of hydrogen-bond donors (Lipinski definition) is 2. The zero-order valence-electron chi connectivity index (χ0n) is 14.6. The molecular weight excluding hydrogens is 334 g/mol. The number of carboxylic acids is 1. The molecule has 0 saturated heterocycles. The Balaban J connectivity index is 1.79. The van der Waals surface area contributed by atoms with Gasteiger partial charge in [-0.05, 0) is 31.0 Å². The fraction of sp³-hybridized carbons (Fsp3) is 0.368. The van der Waals surface area contributed by atoms with Gasteiger partial charge in [0.2, 0.25) is 0 Å². The smallest absolute Gasteiger partial charge is 0.303 e. The molecule has 0 aliphatic carbocycles. The lowest BCUT2D eigenvalue weighted by molar-refractivity contribution is -0.137.